The van der Waals surface area contributed by atoms with Crippen LogP contribution in [-0.4, -0.2) is 39.3 Å². The van der Waals surface area contributed by atoms with Crippen molar-refractivity contribution in [2.24, 2.45) is 0 Å². The standard InChI is InChI=1S/C18H20ClNO6S/c1-12(2)26-14-6-4-13(5-7-14)20(11-18(21)22)27(23,24)15-8-9-17(25-3)16(19)10-15/h4-10,12H,11H2,1-3H3,(H,21,22). The van der Waals surface area contributed by atoms with Crippen LogP contribution in [0.3, 0.4) is 0 Å². The van der Waals surface area contributed by atoms with Crippen LogP contribution in [-0.2, 0) is 14.8 Å². The van der Waals surface area contributed by atoms with E-state index in [-0.39, 0.29) is 21.7 Å². The Kier molecular flexibility index (Phi) is 6.56. The zero-order valence-electron chi connectivity index (χ0n) is 15.0. The molecule has 0 bridgehead atoms. The van der Waals surface area contributed by atoms with Gasteiger partial charge in [0.05, 0.1) is 28.8 Å². The lowest BCUT2D eigenvalue weighted by atomic mass is 10.3. The average Bonchev–Trinajstić information content (AvgIpc) is 2.59. The summed E-state index contributed by atoms with van der Waals surface area (Å²) in [6.07, 6.45) is -0.0452. The molecule has 0 aromatic heterocycles. The Morgan fingerprint density at radius 2 is 1.81 bits per heavy atom. The largest absolute Gasteiger partial charge is 0.495 e. The second-order valence-electron chi connectivity index (χ2n) is 5.86. The van der Waals surface area contributed by atoms with Crippen LogP contribution in [0.15, 0.2) is 47.4 Å². The summed E-state index contributed by atoms with van der Waals surface area (Å²) in [5, 5.41) is 9.29. The normalized spacial score (nSPS) is 11.3. The Morgan fingerprint density at radius 3 is 2.30 bits per heavy atom. The lowest BCUT2D eigenvalue weighted by molar-refractivity contribution is -0.135. The van der Waals surface area contributed by atoms with E-state index in [1.54, 1.807) is 12.1 Å². The molecule has 9 heteroatoms. The second kappa shape index (κ2) is 8.49. The van der Waals surface area contributed by atoms with Crippen LogP contribution in [0.4, 0.5) is 5.69 Å². The number of benzene rings is 2. The van der Waals surface area contributed by atoms with Gasteiger partial charge in [0.1, 0.15) is 18.0 Å². The van der Waals surface area contributed by atoms with Gasteiger partial charge in [0.2, 0.25) is 0 Å². The average molecular weight is 414 g/mol. The SMILES string of the molecule is COc1ccc(S(=O)(=O)N(CC(=O)O)c2ccc(OC(C)C)cc2)cc1Cl. The molecular weight excluding hydrogens is 394 g/mol. The quantitative estimate of drug-likeness (QED) is 0.712. The first kappa shape index (κ1) is 20.9. The van der Waals surface area contributed by atoms with Crippen LogP contribution < -0.4 is 13.8 Å². The number of rotatable bonds is 8. The van der Waals surface area contributed by atoms with E-state index < -0.39 is 22.5 Å². The number of hydrogen-bond donors (Lipinski definition) is 1. The van der Waals surface area contributed by atoms with Gasteiger partial charge in [0, 0.05) is 0 Å². The van der Waals surface area contributed by atoms with E-state index in [4.69, 9.17) is 21.1 Å². The summed E-state index contributed by atoms with van der Waals surface area (Å²) in [6.45, 7) is 2.99. The molecule has 2 rings (SSSR count). The van der Waals surface area contributed by atoms with Crippen LogP contribution in [0.5, 0.6) is 11.5 Å². The van der Waals surface area contributed by atoms with Crippen molar-refractivity contribution in [3.05, 3.63) is 47.5 Å². The molecule has 0 spiro atoms. The highest BCUT2D eigenvalue weighted by molar-refractivity contribution is 7.92. The van der Waals surface area contributed by atoms with Gasteiger partial charge >= 0.3 is 5.97 Å². The zero-order chi connectivity index (χ0) is 20.2. The highest BCUT2D eigenvalue weighted by Gasteiger charge is 2.28. The van der Waals surface area contributed by atoms with Crippen molar-refractivity contribution in [1.82, 2.24) is 0 Å². The van der Waals surface area contributed by atoms with Gasteiger partial charge in [-0.05, 0) is 56.3 Å². The van der Waals surface area contributed by atoms with E-state index >= 15 is 0 Å². The van der Waals surface area contributed by atoms with Crippen LogP contribution in [0, 0.1) is 0 Å². The highest BCUT2D eigenvalue weighted by atomic mass is 35.5. The zero-order valence-corrected chi connectivity index (χ0v) is 16.6. The third-order valence-electron chi connectivity index (χ3n) is 3.49. The van der Waals surface area contributed by atoms with Gasteiger partial charge in [-0.1, -0.05) is 11.6 Å². The van der Waals surface area contributed by atoms with Gasteiger partial charge < -0.3 is 14.6 Å². The van der Waals surface area contributed by atoms with E-state index in [0.29, 0.717) is 11.5 Å². The fraction of sp³-hybridized carbons (Fsp3) is 0.278. The Morgan fingerprint density at radius 1 is 1.19 bits per heavy atom. The number of carbonyl (C=O) groups is 1. The summed E-state index contributed by atoms with van der Waals surface area (Å²) >= 11 is 6.02. The maximum Gasteiger partial charge on any atom is 0.324 e. The molecular formula is C18H20ClNO6S. The van der Waals surface area contributed by atoms with Crippen molar-refractivity contribution in [2.45, 2.75) is 24.8 Å². The minimum Gasteiger partial charge on any atom is -0.495 e. The predicted octanol–water partition coefficient (Wildman–Crippen LogP) is 3.42. The van der Waals surface area contributed by atoms with Crippen molar-refractivity contribution in [3.8, 4) is 11.5 Å². The van der Waals surface area contributed by atoms with Crippen molar-refractivity contribution in [2.75, 3.05) is 18.0 Å². The molecule has 1 N–H and O–H groups in total. The molecule has 2 aromatic rings. The lowest BCUT2D eigenvalue weighted by Crippen LogP contribution is -2.35. The monoisotopic (exact) mass is 413 g/mol. The lowest BCUT2D eigenvalue weighted by Gasteiger charge is -2.23. The number of nitrogens with zero attached hydrogens (tertiary/aromatic N) is 1. The number of methoxy groups -OCH3 is 1. The van der Waals surface area contributed by atoms with Crippen molar-refractivity contribution in [1.29, 1.82) is 0 Å². The second-order valence-corrected chi connectivity index (χ2v) is 8.13. The van der Waals surface area contributed by atoms with Crippen LogP contribution in [0.25, 0.3) is 0 Å². The molecule has 0 saturated carbocycles. The molecule has 2 aromatic carbocycles. The molecule has 7 nitrogen and oxygen atoms in total. The minimum absolute atomic E-state index is 0.0452. The molecule has 27 heavy (non-hydrogen) atoms. The van der Waals surface area contributed by atoms with Crippen molar-refractivity contribution in [3.63, 3.8) is 0 Å². The van der Waals surface area contributed by atoms with Gasteiger partial charge in [-0.15, -0.1) is 0 Å². The maximum atomic E-state index is 13.0. The minimum atomic E-state index is -4.16. The molecule has 0 atom stereocenters. The topological polar surface area (TPSA) is 93.1 Å². The molecule has 0 aliphatic carbocycles. The summed E-state index contributed by atoms with van der Waals surface area (Å²) < 4.78 is 37.4. The van der Waals surface area contributed by atoms with E-state index in [0.717, 1.165) is 4.31 Å². The third kappa shape index (κ3) is 5.05. The predicted molar refractivity (Wildman–Crippen MR) is 102 cm³/mol. The fourth-order valence-corrected chi connectivity index (χ4v) is 4.10. The first-order valence-electron chi connectivity index (χ1n) is 8.00. The molecule has 0 heterocycles. The smallest absolute Gasteiger partial charge is 0.324 e. The van der Waals surface area contributed by atoms with Gasteiger partial charge in [-0.25, -0.2) is 8.42 Å². The fourth-order valence-electron chi connectivity index (χ4n) is 2.34. The molecule has 0 amide bonds. The number of carboxylic acid groups (broad SMARTS) is 1. The molecule has 0 fully saturated rings. The number of anilines is 1. The Bertz CT molecular complexity index is 912. The molecule has 0 saturated heterocycles. The van der Waals surface area contributed by atoms with Crippen molar-refractivity contribution < 1.29 is 27.8 Å². The number of sulfonamides is 1. The van der Waals surface area contributed by atoms with E-state index in [9.17, 15) is 18.3 Å². The number of aliphatic carboxylic acids is 1. The Hall–Kier alpha value is -2.45. The van der Waals surface area contributed by atoms with Crippen molar-refractivity contribution >= 4 is 33.3 Å². The first-order chi connectivity index (χ1) is 12.6. The summed E-state index contributed by atoms with van der Waals surface area (Å²) in [5.41, 5.74) is 0.195. The molecule has 0 unspecified atom stereocenters. The summed E-state index contributed by atoms with van der Waals surface area (Å²) in [7, 11) is -2.75. The Balaban J connectivity index is 2.45. The molecule has 0 aliphatic heterocycles. The van der Waals surface area contributed by atoms with Crippen LogP contribution in [0.2, 0.25) is 5.02 Å². The number of carboxylic acids is 1. The highest BCUT2D eigenvalue weighted by Crippen LogP contribution is 2.31. The first-order valence-corrected chi connectivity index (χ1v) is 9.81. The summed E-state index contributed by atoms with van der Waals surface area (Å²) in [6, 6.07) is 10.1. The van der Waals surface area contributed by atoms with Crippen LogP contribution >= 0.6 is 11.6 Å². The number of hydrogen-bond acceptors (Lipinski definition) is 5. The third-order valence-corrected chi connectivity index (χ3v) is 5.55. The molecule has 146 valence electrons. The van der Waals surface area contributed by atoms with Crippen LogP contribution in [0.1, 0.15) is 13.8 Å². The maximum absolute atomic E-state index is 13.0. The number of halogens is 1. The molecule has 0 aliphatic rings. The summed E-state index contributed by atoms with van der Waals surface area (Å²) in [4.78, 5) is 11.1. The van der Waals surface area contributed by atoms with Gasteiger partial charge in [-0.3, -0.25) is 9.10 Å². The molecule has 0 radical (unpaired) electrons. The van der Waals surface area contributed by atoms with E-state index in [1.165, 1.54) is 37.4 Å². The van der Waals surface area contributed by atoms with Gasteiger partial charge in [-0.2, -0.15) is 0 Å². The number of ether oxygens (including phenoxy) is 2. The Labute approximate surface area is 163 Å². The van der Waals surface area contributed by atoms with Gasteiger partial charge in [0.25, 0.3) is 10.0 Å². The van der Waals surface area contributed by atoms with E-state index in [2.05, 4.69) is 0 Å². The van der Waals surface area contributed by atoms with Gasteiger partial charge in [0.15, 0.2) is 0 Å². The van der Waals surface area contributed by atoms with E-state index in [1.807, 2.05) is 13.8 Å². The summed E-state index contributed by atoms with van der Waals surface area (Å²) in [5.74, 6) is -0.426.